The summed E-state index contributed by atoms with van der Waals surface area (Å²) in [4.78, 5) is 5.74. The van der Waals surface area contributed by atoms with Crippen LogP contribution in [0.2, 0.25) is 0 Å². The summed E-state index contributed by atoms with van der Waals surface area (Å²) in [6.07, 6.45) is 1.47. The van der Waals surface area contributed by atoms with Crippen LogP contribution in [0, 0.1) is 0 Å². The number of nitrogens with two attached hydrogens (primary N) is 1. The summed E-state index contributed by atoms with van der Waals surface area (Å²) in [5.41, 5.74) is 8.37. The highest BCUT2D eigenvalue weighted by molar-refractivity contribution is 5.83. The molecule has 1 aliphatic heterocycles. The second kappa shape index (κ2) is 4.74. The summed E-state index contributed by atoms with van der Waals surface area (Å²) < 4.78 is 26.7. The number of rotatable bonds is 2. The van der Waals surface area contributed by atoms with E-state index in [1.54, 1.807) is 11.1 Å². The first kappa shape index (κ1) is 12.8. The highest BCUT2D eigenvalue weighted by atomic mass is 19.3. The molecule has 5 heteroatoms. The number of nitrogen functional groups attached to an aromatic ring is 1. The summed E-state index contributed by atoms with van der Waals surface area (Å²) in [7, 11) is 0. The second-order valence-corrected chi connectivity index (χ2v) is 4.99. The average Bonchev–Trinajstić information content (AvgIpc) is 2.80. The summed E-state index contributed by atoms with van der Waals surface area (Å²) >= 11 is 0. The predicted molar refractivity (Wildman–Crippen MR) is 75.9 cm³/mol. The number of anilines is 2. The Balaban J connectivity index is 1.99. The Bertz CT molecular complexity index is 614. The Morgan fingerprint density at radius 2 is 1.90 bits per heavy atom. The van der Waals surface area contributed by atoms with Crippen molar-refractivity contribution in [3.63, 3.8) is 0 Å². The molecule has 3 rings (SSSR count). The van der Waals surface area contributed by atoms with E-state index < -0.39 is 5.92 Å². The average molecular weight is 275 g/mol. The van der Waals surface area contributed by atoms with Gasteiger partial charge in [0.25, 0.3) is 5.92 Å². The Labute approximate surface area is 116 Å². The molecule has 1 fully saturated rings. The Kier molecular flexibility index (Phi) is 3.04. The molecule has 1 saturated heterocycles. The van der Waals surface area contributed by atoms with Gasteiger partial charge in [0, 0.05) is 24.7 Å². The molecule has 2 aromatic rings. The van der Waals surface area contributed by atoms with Crippen LogP contribution in [0.15, 0.2) is 42.6 Å². The monoisotopic (exact) mass is 275 g/mol. The van der Waals surface area contributed by atoms with Gasteiger partial charge in [0.15, 0.2) is 5.82 Å². The Morgan fingerprint density at radius 3 is 2.55 bits per heavy atom. The third-order valence-corrected chi connectivity index (χ3v) is 3.52. The van der Waals surface area contributed by atoms with Gasteiger partial charge in [-0.15, -0.1) is 0 Å². The first-order chi connectivity index (χ1) is 9.57. The highest BCUT2D eigenvalue weighted by Crippen LogP contribution is 2.36. The summed E-state index contributed by atoms with van der Waals surface area (Å²) in [6, 6.07) is 11.4. The minimum Gasteiger partial charge on any atom is -0.395 e. The van der Waals surface area contributed by atoms with E-state index >= 15 is 0 Å². The molecular formula is C15H15F2N3. The molecule has 0 atom stereocenters. The predicted octanol–water partition coefficient (Wildman–Crippen LogP) is 3.18. The molecule has 20 heavy (non-hydrogen) atoms. The Morgan fingerprint density at radius 1 is 1.15 bits per heavy atom. The zero-order valence-corrected chi connectivity index (χ0v) is 10.9. The van der Waals surface area contributed by atoms with E-state index in [1.165, 1.54) is 0 Å². The summed E-state index contributed by atoms with van der Waals surface area (Å²) in [5.74, 6) is -2.21. The van der Waals surface area contributed by atoms with Gasteiger partial charge in [-0.1, -0.05) is 30.3 Å². The van der Waals surface area contributed by atoms with Crippen LogP contribution < -0.4 is 10.6 Å². The van der Waals surface area contributed by atoms with Crippen molar-refractivity contribution in [2.24, 2.45) is 0 Å². The van der Waals surface area contributed by atoms with Gasteiger partial charge in [0.2, 0.25) is 0 Å². The molecule has 0 unspecified atom stereocenters. The molecule has 104 valence electrons. The number of nitrogens with zero attached hydrogens (tertiary/aromatic N) is 2. The van der Waals surface area contributed by atoms with E-state index in [-0.39, 0.29) is 19.5 Å². The van der Waals surface area contributed by atoms with Gasteiger partial charge in [0.1, 0.15) is 0 Å². The van der Waals surface area contributed by atoms with Crippen LogP contribution in [-0.4, -0.2) is 24.0 Å². The van der Waals surface area contributed by atoms with Gasteiger partial charge in [-0.05, 0) is 11.6 Å². The minimum atomic E-state index is -2.66. The third-order valence-electron chi connectivity index (χ3n) is 3.52. The fourth-order valence-electron chi connectivity index (χ4n) is 2.50. The van der Waals surface area contributed by atoms with Crippen molar-refractivity contribution in [3.05, 3.63) is 42.6 Å². The van der Waals surface area contributed by atoms with Crippen molar-refractivity contribution in [1.82, 2.24) is 4.98 Å². The molecule has 0 spiro atoms. The minimum absolute atomic E-state index is 0.149. The van der Waals surface area contributed by atoms with Crippen LogP contribution in [0.3, 0.4) is 0 Å². The van der Waals surface area contributed by atoms with Gasteiger partial charge in [-0.25, -0.2) is 13.8 Å². The van der Waals surface area contributed by atoms with Crippen molar-refractivity contribution >= 4 is 11.5 Å². The first-order valence-electron chi connectivity index (χ1n) is 6.49. The lowest BCUT2D eigenvalue weighted by Crippen LogP contribution is -2.26. The topological polar surface area (TPSA) is 42.1 Å². The first-order valence-corrected chi connectivity index (χ1v) is 6.49. The molecule has 1 aromatic heterocycles. The fourth-order valence-corrected chi connectivity index (χ4v) is 2.50. The number of hydrogen-bond donors (Lipinski definition) is 1. The SMILES string of the molecule is Nc1c(-c2ccccc2)ccnc1N1CCC(F)(F)C1. The molecule has 0 saturated carbocycles. The molecule has 0 bridgehead atoms. The van der Waals surface area contributed by atoms with Crippen molar-refractivity contribution < 1.29 is 8.78 Å². The molecule has 0 amide bonds. The van der Waals surface area contributed by atoms with Crippen LogP contribution in [0.25, 0.3) is 11.1 Å². The second-order valence-electron chi connectivity index (χ2n) is 4.99. The van der Waals surface area contributed by atoms with Crippen LogP contribution in [0.4, 0.5) is 20.3 Å². The van der Waals surface area contributed by atoms with Gasteiger partial charge in [-0.3, -0.25) is 0 Å². The molecule has 3 nitrogen and oxygen atoms in total. The van der Waals surface area contributed by atoms with E-state index in [0.717, 1.165) is 11.1 Å². The molecule has 2 N–H and O–H groups in total. The van der Waals surface area contributed by atoms with E-state index in [0.29, 0.717) is 11.5 Å². The van der Waals surface area contributed by atoms with Crippen molar-refractivity contribution in [2.75, 3.05) is 23.7 Å². The number of halogens is 2. The highest BCUT2D eigenvalue weighted by Gasteiger charge is 2.39. The number of alkyl halides is 2. The van der Waals surface area contributed by atoms with Gasteiger partial charge >= 0.3 is 0 Å². The summed E-state index contributed by atoms with van der Waals surface area (Å²) in [6.45, 7) is -0.0368. The lowest BCUT2D eigenvalue weighted by molar-refractivity contribution is 0.0257. The maximum Gasteiger partial charge on any atom is 0.266 e. The quantitative estimate of drug-likeness (QED) is 0.915. The number of pyridine rings is 1. The van der Waals surface area contributed by atoms with Gasteiger partial charge in [-0.2, -0.15) is 0 Å². The zero-order valence-electron chi connectivity index (χ0n) is 10.9. The van der Waals surface area contributed by atoms with E-state index in [9.17, 15) is 8.78 Å². The Hall–Kier alpha value is -2.17. The van der Waals surface area contributed by atoms with E-state index in [2.05, 4.69) is 4.98 Å². The third kappa shape index (κ3) is 2.31. The summed E-state index contributed by atoms with van der Waals surface area (Å²) in [5, 5.41) is 0. The van der Waals surface area contributed by atoms with Crippen LogP contribution in [0.1, 0.15) is 6.42 Å². The zero-order chi connectivity index (χ0) is 14.2. The smallest absolute Gasteiger partial charge is 0.266 e. The standard InChI is InChI=1S/C15H15F2N3/c16-15(17)7-9-20(10-15)14-13(18)12(6-8-19-14)11-4-2-1-3-5-11/h1-6,8H,7,9-10,18H2. The molecule has 2 heterocycles. The van der Waals surface area contributed by atoms with E-state index in [1.807, 2.05) is 36.4 Å². The number of hydrogen-bond acceptors (Lipinski definition) is 3. The lowest BCUT2D eigenvalue weighted by atomic mass is 10.1. The van der Waals surface area contributed by atoms with Crippen LogP contribution >= 0.6 is 0 Å². The fraction of sp³-hybridized carbons (Fsp3) is 0.267. The van der Waals surface area contributed by atoms with Crippen LogP contribution in [0.5, 0.6) is 0 Å². The molecule has 0 aliphatic carbocycles. The van der Waals surface area contributed by atoms with Gasteiger partial charge < -0.3 is 10.6 Å². The maximum absolute atomic E-state index is 13.3. The largest absolute Gasteiger partial charge is 0.395 e. The maximum atomic E-state index is 13.3. The lowest BCUT2D eigenvalue weighted by Gasteiger charge is -2.20. The van der Waals surface area contributed by atoms with Gasteiger partial charge in [0.05, 0.1) is 12.2 Å². The van der Waals surface area contributed by atoms with Crippen molar-refractivity contribution in [3.8, 4) is 11.1 Å². The molecule has 0 radical (unpaired) electrons. The molecule has 1 aliphatic rings. The number of benzene rings is 1. The van der Waals surface area contributed by atoms with E-state index in [4.69, 9.17) is 5.73 Å². The van der Waals surface area contributed by atoms with Crippen molar-refractivity contribution in [2.45, 2.75) is 12.3 Å². The van der Waals surface area contributed by atoms with Crippen molar-refractivity contribution in [1.29, 1.82) is 0 Å². The van der Waals surface area contributed by atoms with Crippen LogP contribution in [-0.2, 0) is 0 Å². The molecule has 1 aromatic carbocycles. The number of aromatic nitrogens is 1. The normalized spacial score (nSPS) is 17.4. The molecular weight excluding hydrogens is 260 g/mol.